The van der Waals surface area contributed by atoms with Crippen LogP contribution in [0.5, 0.6) is 0 Å². The maximum atomic E-state index is 6.23. The number of aromatic amines is 1. The summed E-state index contributed by atoms with van der Waals surface area (Å²) in [7, 11) is 1.86. The van der Waals surface area contributed by atoms with Crippen molar-refractivity contribution in [1.82, 2.24) is 14.8 Å². The third-order valence-electron chi connectivity index (χ3n) is 2.83. The van der Waals surface area contributed by atoms with Crippen molar-refractivity contribution in [3.8, 4) is 11.3 Å². The minimum atomic E-state index is 0.504. The van der Waals surface area contributed by atoms with E-state index in [1.807, 2.05) is 37.5 Å². The van der Waals surface area contributed by atoms with Crippen molar-refractivity contribution >= 4 is 28.3 Å². The van der Waals surface area contributed by atoms with E-state index in [0.29, 0.717) is 5.82 Å². The second-order valence-electron chi connectivity index (χ2n) is 3.94. The molecule has 0 atom stereocenters. The first-order valence-corrected chi connectivity index (χ1v) is 5.60. The van der Waals surface area contributed by atoms with E-state index in [1.54, 1.807) is 4.68 Å². The maximum Gasteiger partial charge on any atom is 0.146 e. The van der Waals surface area contributed by atoms with Gasteiger partial charge in [-0.3, -0.25) is 4.68 Å². The Morgan fingerprint density at radius 1 is 1.41 bits per heavy atom. The van der Waals surface area contributed by atoms with Crippen LogP contribution in [0.3, 0.4) is 0 Å². The van der Waals surface area contributed by atoms with Crippen LogP contribution in [0.4, 0.5) is 5.82 Å². The monoisotopic (exact) mass is 246 g/mol. The van der Waals surface area contributed by atoms with E-state index in [2.05, 4.69) is 10.1 Å². The van der Waals surface area contributed by atoms with Crippen molar-refractivity contribution in [2.75, 3.05) is 5.73 Å². The standard InChI is InChI=1S/C12H11ClN4/c1-17-10(5-11(14)16-17)7-6-15-9-4-2-3-8(13)12(7)9/h2-6,15H,1H3,(H2,14,16). The molecule has 3 aromatic rings. The lowest BCUT2D eigenvalue weighted by atomic mass is 10.1. The predicted molar refractivity (Wildman–Crippen MR) is 69.9 cm³/mol. The number of nitrogen functional groups attached to an aromatic ring is 1. The third kappa shape index (κ3) is 1.49. The van der Waals surface area contributed by atoms with Crippen LogP contribution < -0.4 is 5.73 Å². The van der Waals surface area contributed by atoms with Crippen molar-refractivity contribution in [2.45, 2.75) is 0 Å². The maximum absolute atomic E-state index is 6.23. The van der Waals surface area contributed by atoms with E-state index in [9.17, 15) is 0 Å². The van der Waals surface area contributed by atoms with Gasteiger partial charge in [0.15, 0.2) is 0 Å². The molecule has 0 amide bonds. The first-order chi connectivity index (χ1) is 8.16. The molecule has 0 saturated heterocycles. The summed E-state index contributed by atoms with van der Waals surface area (Å²) < 4.78 is 1.75. The number of rotatable bonds is 1. The molecule has 0 bridgehead atoms. The van der Waals surface area contributed by atoms with Gasteiger partial charge in [0.1, 0.15) is 5.82 Å². The summed E-state index contributed by atoms with van der Waals surface area (Å²) in [6, 6.07) is 7.62. The number of benzene rings is 1. The molecular formula is C12H11ClN4. The van der Waals surface area contributed by atoms with Crippen LogP contribution in [-0.2, 0) is 7.05 Å². The molecular weight excluding hydrogens is 236 g/mol. The van der Waals surface area contributed by atoms with Crippen LogP contribution >= 0.6 is 11.6 Å². The zero-order valence-corrected chi connectivity index (χ0v) is 9.99. The fourth-order valence-electron chi connectivity index (χ4n) is 2.08. The number of anilines is 1. The normalized spacial score (nSPS) is 11.2. The topological polar surface area (TPSA) is 59.6 Å². The number of hydrogen-bond donors (Lipinski definition) is 2. The number of nitrogens with two attached hydrogens (primary N) is 1. The highest BCUT2D eigenvalue weighted by Crippen LogP contribution is 2.33. The Hall–Kier alpha value is -1.94. The SMILES string of the molecule is Cn1nc(N)cc1-c1c[nH]c2cccc(Cl)c12. The fraction of sp³-hybridized carbons (Fsp3) is 0.0833. The van der Waals surface area contributed by atoms with Crippen LogP contribution in [0, 0.1) is 0 Å². The van der Waals surface area contributed by atoms with Crippen molar-refractivity contribution in [2.24, 2.45) is 7.05 Å². The van der Waals surface area contributed by atoms with E-state index < -0.39 is 0 Å². The Morgan fingerprint density at radius 2 is 2.24 bits per heavy atom. The number of fused-ring (bicyclic) bond motifs is 1. The summed E-state index contributed by atoms with van der Waals surface area (Å²) in [4.78, 5) is 3.20. The molecule has 4 nitrogen and oxygen atoms in total. The zero-order chi connectivity index (χ0) is 12.0. The number of nitrogens with zero attached hydrogens (tertiary/aromatic N) is 2. The van der Waals surface area contributed by atoms with Crippen molar-refractivity contribution in [1.29, 1.82) is 0 Å². The van der Waals surface area contributed by atoms with Gasteiger partial charge in [-0.25, -0.2) is 0 Å². The first-order valence-electron chi connectivity index (χ1n) is 5.22. The van der Waals surface area contributed by atoms with Gasteiger partial charge in [0, 0.05) is 35.8 Å². The molecule has 0 spiro atoms. The average molecular weight is 247 g/mol. The third-order valence-corrected chi connectivity index (χ3v) is 3.14. The lowest BCUT2D eigenvalue weighted by Crippen LogP contribution is -1.94. The highest BCUT2D eigenvalue weighted by Gasteiger charge is 2.12. The van der Waals surface area contributed by atoms with Gasteiger partial charge < -0.3 is 10.7 Å². The van der Waals surface area contributed by atoms with Gasteiger partial charge in [-0.1, -0.05) is 17.7 Å². The molecule has 0 aliphatic rings. The molecule has 0 fully saturated rings. The summed E-state index contributed by atoms with van der Waals surface area (Å²) in [5, 5.41) is 5.86. The van der Waals surface area contributed by atoms with Crippen LogP contribution in [0.2, 0.25) is 5.02 Å². The van der Waals surface area contributed by atoms with E-state index in [4.69, 9.17) is 17.3 Å². The van der Waals surface area contributed by atoms with Crippen LogP contribution in [-0.4, -0.2) is 14.8 Å². The molecule has 5 heteroatoms. The van der Waals surface area contributed by atoms with Gasteiger partial charge in [-0.15, -0.1) is 0 Å². The molecule has 3 N–H and O–H groups in total. The van der Waals surface area contributed by atoms with E-state index in [1.165, 1.54) is 0 Å². The van der Waals surface area contributed by atoms with Crippen molar-refractivity contribution in [3.05, 3.63) is 35.5 Å². The van der Waals surface area contributed by atoms with E-state index in [-0.39, 0.29) is 0 Å². The number of halogens is 1. The second-order valence-corrected chi connectivity index (χ2v) is 4.35. The Balaban J connectivity index is 2.35. The number of H-pyrrole nitrogens is 1. The summed E-state index contributed by atoms with van der Waals surface area (Å²) in [6.45, 7) is 0. The minimum Gasteiger partial charge on any atom is -0.382 e. The van der Waals surface area contributed by atoms with E-state index >= 15 is 0 Å². The summed E-state index contributed by atoms with van der Waals surface area (Å²) in [5.74, 6) is 0.504. The van der Waals surface area contributed by atoms with Crippen LogP contribution in [0.1, 0.15) is 0 Å². The van der Waals surface area contributed by atoms with Gasteiger partial charge in [0.2, 0.25) is 0 Å². The summed E-state index contributed by atoms with van der Waals surface area (Å²) in [6.07, 6.45) is 1.92. The molecule has 0 saturated carbocycles. The number of nitrogens with one attached hydrogen (secondary N) is 1. The summed E-state index contributed by atoms with van der Waals surface area (Å²) >= 11 is 6.23. The molecule has 86 valence electrons. The molecule has 0 unspecified atom stereocenters. The largest absolute Gasteiger partial charge is 0.382 e. The average Bonchev–Trinajstić information content (AvgIpc) is 2.83. The Morgan fingerprint density at radius 3 is 2.94 bits per heavy atom. The van der Waals surface area contributed by atoms with Crippen molar-refractivity contribution < 1.29 is 0 Å². The van der Waals surface area contributed by atoms with Gasteiger partial charge >= 0.3 is 0 Å². The molecule has 2 aromatic heterocycles. The minimum absolute atomic E-state index is 0.504. The smallest absolute Gasteiger partial charge is 0.146 e. The fourth-order valence-corrected chi connectivity index (χ4v) is 2.36. The predicted octanol–water partition coefficient (Wildman–Crippen LogP) is 2.80. The lowest BCUT2D eigenvalue weighted by molar-refractivity contribution is 0.781. The van der Waals surface area contributed by atoms with Crippen LogP contribution in [0.25, 0.3) is 22.2 Å². The van der Waals surface area contributed by atoms with Gasteiger partial charge in [0.05, 0.1) is 10.7 Å². The Bertz CT molecular complexity index is 696. The molecule has 0 aliphatic heterocycles. The van der Waals surface area contributed by atoms with E-state index in [0.717, 1.165) is 27.2 Å². The second kappa shape index (κ2) is 3.53. The number of aryl methyl sites for hydroxylation is 1. The molecule has 1 aromatic carbocycles. The molecule has 0 aliphatic carbocycles. The zero-order valence-electron chi connectivity index (χ0n) is 9.24. The molecule has 0 radical (unpaired) electrons. The summed E-state index contributed by atoms with van der Waals surface area (Å²) in [5.41, 5.74) is 8.66. The Labute approximate surface area is 103 Å². The quantitative estimate of drug-likeness (QED) is 0.694. The van der Waals surface area contributed by atoms with Gasteiger partial charge in [-0.2, -0.15) is 5.10 Å². The van der Waals surface area contributed by atoms with Crippen LogP contribution in [0.15, 0.2) is 30.5 Å². The highest BCUT2D eigenvalue weighted by molar-refractivity contribution is 6.36. The number of hydrogen-bond acceptors (Lipinski definition) is 2. The van der Waals surface area contributed by atoms with Crippen molar-refractivity contribution in [3.63, 3.8) is 0 Å². The number of aromatic nitrogens is 3. The molecule has 2 heterocycles. The lowest BCUT2D eigenvalue weighted by Gasteiger charge is -2.01. The first kappa shape index (κ1) is 10.2. The van der Waals surface area contributed by atoms with Gasteiger partial charge in [0.25, 0.3) is 0 Å². The van der Waals surface area contributed by atoms with Gasteiger partial charge in [-0.05, 0) is 12.1 Å². The highest BCUT2D eigenvalue weighted by atomic mass is 35.5. The Kier molecular flexibility index (Phi) is 2.12. The molecule has 17 heavy (non-hydrogen) atoms. The molecule has 3 rings (SSSR count).